The van der Waals surface area contributed by atoms with Crippen LogP contribution < -0.4 is 16.5 Å². The minimum absolute atomic E-state index is 0.0817. The molecule has 1 atom stereocenters. The lowest BCUT2D eigenvalue weighted by atomic mass is 9.82. The molecule has 4 N–H and O–H groups in total. The zero-order valence-corrected chi connectivity index (χ0v) is 19.6. The average molecular weight is 484 g/mol. The molecular weight excluding hydrogens is 462 g/mol. The number of allylic oxidation sites excluding steroid dienone is 2. The zero-order chi connectivity index (χ0) is 24.8. The van der Waals surface area contributed by atoms with Gasteiger partial charge in [0.05, 0.1) is 23.4 Å². The van der Waals surface area contributed by atoms with Gasteiger partial charge in [0.2, 0.25) is 5.88 Å². The second-order valence-electron chi connectivity index (χ2n) is 7.76. The summed E-state index contributed by atoms with van der Waals surface area (Å²) >= 11 is 5.93. The predicted octanol–water partition coefficient (Wildman–Crippen LogP) is 5.45. The maximum Gasteiger partial charge on any atom is 0.256 e. The predicted molar refractivity (Wildman–Crippen MR) is 137 cm³/mol. The minimum Gasteiger partial charge on any atom is -0.438 e. The number of anilines is 2. The maximum atomic E-state index is 13.6. The van der Waals surface area contributed by atoms with E-state index >= 15 is 0 Å². The normalized spacial score (nSPS) is 15.5. The molecule has 1 unspecified atom stereocenters. The van der Waals surface area contributed by atoms with Crippen LogP contribution in [-0.4, -0.2) is 12.1 Å². The zero-order valence-electron chi connectivity index (χ0n) is 18.8. The fraction of sp³-hybridized carbons (Fsp3) is 0.0741. The Morgan fingerprint density at radius 3 is 2.46 bits per heavy atom. The van der Waals surface area contributed by atoms with Crippen molar-refractivity contribution in [3.8, 4) is 6.07 Å². The van der Waals surface area contributed by atoms with Crippen LogP contribution in [-0.2, 0) is 9.53 Å². The van der Waals surface area contributed by atoms with E-state index in [-0.39, 0.29) is 22.8 Å². The highest BCUT2D eigenvalue weighted by Gasteiger charge is 2.36. The molecule has 1 heterocycles. The number of carbonyl (C=O) groups is 1. The van der Waals surface area contributed by atoms with Crippen LogP contribution in [0.3, 0.4) is 0 Å². The third kappa shape index (κ3) is 5.35. The van der Waals surface area contributed by atoms with Gasteiger partial charge in [0, 0.05) is 10.7 Å². The molecule has 1 amide bonds. The van der Waals surface area contributed by atoms with Crippen LogP contribution in [0.1, 0.15) is 17.0 Å². The first-order chi connectivity index (χ1) is 17.0. The van der Waals surface area contributed by atoms with Crippen molar-refractivity contribution in [2.75, 3.05) is 10.7 Å². The number of hydrogen-bond donors (Lipinski definition) is 3. The quantitative estimate of drug-likeness (QED) is 0.319. The summed E-state index contributed by atoms with van der Waals surface area (Å²) in [5, 5.41) is 17.6. The molecule has 0 saturated carbocycles. The second kappa shape index (κ2) is 10.6. The Balaban J connectivity index is 1.77. The van der Waals surface area contributed by atoms with Gasteiger partial charge in [0.15, 0.2) is 5.76 Å². The summed E-state index contributed by atoms with van der Waals surface area (Å²) in [4.78, 5) is 13.6. The van der Waals surface area contributed by atoms with Crippen molar-refractivity contribution >= 4 is 35.1 Å². The largest absolute Gasteiger partial charge is 0.438 e. The molecular formula is C27H22ClN5O2. The van der Waals surface area contributed by atoms with Gasteiger partial charge in [-0.15, -0.1) is 0 Å². The van der Waals surface area contributed by atoms with E-state index in [0.717, 1.165) is 11.1 Å². The van der Waals surface area contributed by atoms with Gasteiger partial charge in [-0.1, -0.05) is 60.1 Å². The number of benzene rings is 3. The lowest BCUT2D eigenvalue weighted by Crippen LogP contribution is -2.29. The first kappa shape index (κ1) is 23.6. The van der Waals surface area contributed by atoms with Gasteiger partial charge in [-0.3, -0.25) is 10.2 Å². The number of nitrogens with two attached hydrogens (primary N) is 1. The lowest BCUT2D eigenvalue weighted by Gasteiger charge is -2.27. The van der Waals surface area contributed by atoms with Crippen LogP contribution in [0, 0.1) is 18.3 Å². The highest BCUT2D eigenvalue weighted by atomic mass is 35.5. The number of para-hydroxylation sites is 1. The van der Waals surface area contributed by atoms with Crippen LogP contribution >= 0.6 is 11.6 Å². The SMILES string of the molecule is Cc1ccccc1NC(=O)C1=C(/C=N/Nc2ccc(Cl)cc2)OC(N)=C(C#N)C1c1ccccc1. The van der Waals surface area contributed by atoms with E-state index in [0.29, 0.717) is 16.4 Å². The second-order valence-corrected chi connectivity index (χ2v) is 8.20. The number of nitrogens with one attached hydrogen (secondary N) is 2. The molecule has 0 fully saturated rings. The first-order valence-electron chi connectivity index (χ1n) is 10.8. The molecule has 8 heteroatoms. The van der Waals surface area contributed by atoms with E-state index < -0.39 is 11.8 Å². The van der Waals surface area contributed by atoms with Crippen molar-refractivity contribution in [2.24, 2.45) is 10.8 Å². The summed E-state index contributed by atoms with van der Waals surface area (Å²) in [6, 6.07) is 25.7. The Labute approximate surface area is 208 Å². The average Bonchev–Trinajstić information content (AvgIpc) is 2.86. The standard InChI is InChI=1S/C27H22ClN5O2/c1-17-7-5-6-10-22(17)32-27(34)25-23(16-31-33-20-13-11-19(28)12-14-20)35-26(30)21(15-29)24(25)18-8-3-2-4-9-18/h2-14,16,24,33H,30H2,1H3,(H,32,34)/b31-16+. The number of carbonyl (C=O) groups excluding carboxylic acids is 1. The summed E-state index contributed by atoms with van der Waals surface area (Å²) in [5.41, 5.74) is 12.3. The van der Waals surface area contributed by atoms with Crippen molar-refractivity contribution in [3.05, 3.63) is 118 Å². The molecule has 0 radical (unpaired) electrons. The van der Waals surface area contributed by atoms with Gasteiger partial charge in [0.1, 0.15) is 11.6 Å². The van der Waals surface area contributed by atoms with E-state index in [1.54, 1.807) is 30.3 Å². The number of nitrogens with zero attached hydrogens (tertiary/aromatic N) is 2. The van der Waals surface area contributed by atoms with Crippen molar-refractivity contribution in [3.63, 3.8) is 0 Å². The molecule has 4 rings (SSSR count). The monoisotopic (exact) mass is 483 g/mol. The number of nitriles is 1. The van der Waals surface area contributed by atoms with E-state index in [1.165, 1.54) is 6.21 Å². The molecule has 0 aromatic heterocycles. The molecule has 0 bridgehead atoms. The van der Waals surface area contributed by atoms with Crippen LogP contribution in [0.15, 0.2) is 107 Å². The molecule has 35 heavy (non-hydrogen) atoms. The van der Waals surface area contributed by atoms with Gasteiger partial charge < -0.3 is 15.8 Å². The summed E-state index contributed by atoms with van der Waals surface area (Å²) in [6.45, 7) is 1.90. The number of hydrogen-bond acceptors (Lipinski definition) is 6. The fourth-order valence-electron chi connectivity index (χ4n) is 3.69. The van der Waals surface area contributed by atoms with E-state index in [2.05, 4.69) is 21.9 Å². The van der Waals surface area contributed by atoms with Crippen molar-refractivity contribution in [2.45, 2.75) is 12.8 Å². The van der Waals surface area contributed by atoms with Crippen LogP contribution in [0.4, 0.5) is 11.4 Å². The first-order valence-corrected chi connectivity index (χ1v) is 11.1. The van der Waals surface area contributed by atoms with E-state index in [9.17, 15) is 10.1 Å². The molecule has 3 aromatic rings. The molecule has 0 spiro atoms. The molecule has 7 nitrogen and oxygen atoms in total. The van der Waals surface area contributed by atoms with E-state index in [1.807, 2.05) is 55.5 Å². The minimum atomic E-state index is -0.740. The third-order valence-corrected chi connectivity index (χ3v) is 5.69. The highest BCUT2D eigenvalue weighted by molar-refractivity contribution is 6.30. The Hall–Kier alpha value is -4.54. The van der Waals surface area contributed by atoms with E-state index in [4.69, 9.17) is 22.1 Å². The number of rotatable bonds is 6. The number of halogens is 1. The molecule has 3 aromatic carbocycles. The van der Waals surface area contributed by atoms with Crippen LogP contribution in [0.2, 0.25) is 5.02 Å². The fourth-order valence-corrected chi connectivity index (χ4v) is 3.81. The van der Waals surface area contributed by atoms with Crippen LogP contribution in [0.5, 0.6) is 0 Å². The Bertz CT molecular complexity index is 1370. The molecule has 0 saturated heterocycles. The topological polar surface area (TPSA) is 113 Å². The Morgan fingerprint density at radius 1 is 1.09 bits per heavy atom. The van der Waals surface area contributed by atoms with Gasteiger partial charge in [0.25, 0.3) is 5.91 Å². The van der Waals surface area contributed by atoms with Crippen molar-refractivity contribution in [1.29, 1.82) is 5.26 Å². The number of aryl methyl sites for hydroxylation is 1. The Morgan fingerprint density at radius 2 is 1.77 bits per heavy atom. The summed E-state index contributed by atoms with van der Waals surface area (Å²) < 4.78 is 5.74. The van der Waals surface area contributed by atoms with Crippen molar-refractivity contribution in [1.82, 2.24) is 0 Å². The van der Waals surface area contributed by atoms with Crippen molar-refractivity contribution < 1.29 is 9.53 Å². The lowest BCUT2D eigenvalue weighted by molar-refractivity contribution is -0.113. The summed E-state index contributed by atoms with van der Waals surface area (Å²) in [6.07, 6.45) is 1.37. The number of hydrazone groups is 1. The maximum absolute atomic E-state index is 13.6. The smallest absolute Gasteiger partial charge is 0.256 e. The third-order valence-electron chi connectivity index (χ3n) is 5.44. The van der Waals surface area contributed by atoms with Gasteiger partial charge in [-0.25, -0.2) is 0 Å². The molecule has 0 aliphatic carbocycles. The highest BCUT2D eigenvalue weighted by Crippen LogP contribution is 2.39. The molecule has 1 aliphatic rings. The summed E-state index contributed by atoms with van der Waals surface area (Å²) in [5.74, 6) is -1.12. The molecule has 1 aliphatic heterocycles. The number of amides is 1. The van der Waals surface area contributed by atoms with Gasteiger partial charge in [-0.2, -0.15) is 10.4 Å². The summed E-state index contributed by atoms with van der Waals surface area (Å²) in [7, 11) is 0. The Kier molecular flexibility index (Phi) is 7.15. The van der Waals surface area contributed by atoms with Gasteiger partial charge >= 0.3 is 0 Å². The molecule has 174 valence electrons. The van der Waals surface area contributed by atoms with Gasteiger partial charge in [-0.05, 0) is 48.4 Å². The number of ether oxygens (including phenoxy) is 1. The van der Waals surface area contributed by atoms with Crippen LogP contribution in [0.25, 0.3) is 0 Å².